The minimum atomic E-state index is -3.60. The Morgan fingerprint density at radius 3 is 2.53 bits per heavy atom. The zero-order valence-electron chi connectivity index (χ0n) is 20.9. The quantitative estimate of drug-likeness (QED) is 0.615. The number of nitrogens with zero attached hydrogens (tertiary/aromatic N) is 4. The number of carbonyl (C=O) groups is 1. The smallest absolute Gasteiger partial charge is 0.240 e. The molecule has 1 saturated heterocycles. The lowest BCUT2D eigenvalue weighted by Crippen LogP contribution is -2.46. The molecule has 2 aromatic rings. The Hall–Kier alpha value is -2.56. The van der Waals surface area contributed by atoms with Crippen molar-refractivity contribution in [3.63, 3.8) is 0 Å². The van der Waals surface area contributed by atoms with E-state index in [1.165, 1.54) is 0 Å². The van der Waals surface area contributed by atoms with E-state index in [-0.39, 0.29) is 22.9 Å². The van der Waals surface area contributed by atoms with E-state index in [0.29, 0.717) is 17.6 Å². The average molecular weight is 511 g/mol. The lowest BCUT2D eigenvalue weighted by molar-refractivity contribution is -0.120. The zero-order valence-corrected chi connectivity index (χ0v) is 21.7. The largest absolute Gasteiger partial charge is 0.324 e. The lowest BCUT2D eigenvalue weighted by Gasteiger charge is -2.29. The monoisotopic (exact) mass is 510 g/mol. The minimum absolute atomic E-state index is 0.0747. The molecular formula is C26H34N6O3S. The number of likely N-dealkylation sites (tertiary alicyclic amines) is 1. The third-order valence-corrected chi connectivity index (χ3v) is 9.94. The van der Waals surface area contributed by atoms with Gasteiger partial charge in [-0.2, -0.15) is 4.98 Å². The molecule has 2 N–H and O–H groups in total. The van der Waals surface area contributed by atoms with Crippen molar-refractivity contribution in [2.75, 3.05) is 30.4 Å². The summed E-state index contributed by atoms with van der Waals surface area (Å²) in [7, 11) is -1.59. The molecule has 2 saturated carbocycles. The first-order valence-corrected chi connectivity index (χ1v) is 14.5. The Balaban J connectivity index is 1.20. The number of piperidine rings is 1. The highest BCUT2D eigenvalue weighted by molar-refractivity contribution is 7.89. The van der Waals surface area contributed by atoms with Gasteiger partial charge in [-0.25, -0.2) is 18.1 Å². The maximum Gasteiger partial charge on any atom is 0.240 e. The number of hydrogen-bond donors (Lipinski definition) is 2. The molecule has 1 amide bonds. The molecule has 9 nitrogen and oxygen atoms in total. The number of fused-ring (bicyclic) bond motifs is 2. The van der Waals surface area contributed by atoms with Crippen molar-refractivity contribution < 1.29 is 13.2 Å². The van der Waals surface area contributed by atoms with E-state index in [1.807, 2.05) is 11.9 Å². The van der Waals surface area contributed by atoms with Gasteiger partial charge in [-0.1, -0.05) is 13.3 Å². The molecule has 4 aliphatic rings. The summed E-state index contributed by atoms with van der Waals surface area (Å²) in [4.78, 5) is 27.1. The molecule has 6 rings (SSSR count). The Morgan fingerprint density at radius 2 is 1.86 bits per heavy atom. The van der Waals surface area contributed by atoms with Crippen LogP contribution in [0.5, 0.6) is 0 Å². The first-order valence-electron chi connectivity index (χ1n) is 13.1. The maximum absolute atomic E-state index is 13.4. The fraction of sp³-hybridized carbons (Fsp3) is 0.577. The summed E-state index contributed by atoms with van der Waals surface area (Å²) >= 11 is 0. The SMILES string of the molecule is C[C@@H]1CCC[C@H]1N1C(=O)C2(CC2)c2cnc(Nc3ccc(S(=O)(=O)N[C@@H]4CCCN(C)C4)cc3)nc21. The summed E-state index contributed by atoms with van der Waals surface area (Å²) in [6.45, 7) is 3.94. The molecule has 0 radical (unpaired) electrons. The minimum Gasteiger partial charge on any atom is -0.324 e. The molecule has 0 unspecified atom stereocenters. The Morgan fingerprint density at radius 1 is 1.08 bits per heavy atom. The number of hydrogen-bond acceptors (Lipinski definition) is 7. The van der Waals surface area contributed by atoms with Crippen molar-refractivity contribution in [3.05, 3.63) is 36.0 Å². The van der Waals surface area contributed by atoms with E-state index in [9.17, 15) is 13.2 Å². The van der Waals surface area contributed by atoms with Crippen LogP contribution in [0.2, 0.25) is 0 Å². The van der Waals surface area contributed by atoms with Crippen LogP contribution in [-0.4, -0.2) is 61.4 Å². The van der Waals surface area contributed by atoms with Gasteiger partial charge in [-0.05, 0) is 82.3 Å². The fourth-order valence-electron chi connectivity index (χ4n) is 6.22. The van der Waals surface area contributed by atoms with Gasteiger partial charge >= 0.3 is 0 Å². The number of anilines is 3. The number of aromatic nitrogens is 2. The molecule has 3 atom stereocenters. The van der Waals surface area contributed by atoms with Crippen LogP contribution >= 0.6 is 0 Å². The maximum atomic E-state index is 13.4. The van der Waals surface area contributed by atoms with E-state index >= 15 is 0 Å². The number of benzene rings is 1. The van der Waals surface area contributed by atoms with Gasteiger partial charge in [0, 0.05) is 36.1 Å². The van der Waals surface area contributed by atoms with E-state index < -0.39 is 15.4 Å². The van der Waals surface area contributed by atoms with Gasteiger partial charge in [-0.3, -0.25) is 9.69 Å². The third kappa shape index (κ3) is 4.09. The molecule has 0 bridgehead atoms. The lowest BCUT2D eigenvalue weighted by atomic mass is 10.0. The molecular weight excluding hydrogens is 476 g/mol. The fourth-order valence-corrected chi connectivity index (χ4v) is 7.48. The second-order valence-electron chi connectivity index (χ2n) is 11.0. The summed E-state index contributed by atoms with van der Waals surface area (Å²) < 4.78 is 28.6. The first-order chi connectivity index (χ1) is 17.3. The Kier molecular flexibility index (Phi) is 5.81. The highest BCUT2D eigenvalue weighted by Gasteiger charge is 2.61. The number of nitrogens with one attached hydrogen (secondary N) is 2. The van der Waals surface area contributed by atoms with E-state index in [0.717, 1.165) is 69.4 Å². The van der Waals surface area contributed by atoms with Crippen LogP contribution in [-0.2, 0) is 20.2 Å². The predicted octanol–water partition coefficient (Wildman–Crippen LogP) is 3.16. The highest BCUT2D eigenvalue weighted by Crippen LogP contribution is 2.58. The zero-order chi connectivity index (χ0) is 25.1. The molecule has 1 aromatic heterocycles. The van der Waals surface area contributed by atoms with Crippen molar-refractivity contribution in [1.29, 1.82) is 0 Å². The Labute approximate surface area is 212 Å². The second-order valence-corrected chi connectivity index (χ2v) is 12.7. The summed E-state index contributed by atoms with van der Waals surface area (Å²) in [6, 6.07) is 6.76. The van der Waals surface area contributed by atoms with E-state index in [2.05, 4.69) is 26.8 Å². The van der Waals surface area contributed by atoms with Gasteiger partial charge in [0.2, 0.25) is 21.9 Å². The van der Waals surface area contributed by atoms with Gasteiger partial charge in [0.1, 0.15) is 5.82 Å². The van der Waals surface area contributed by atoms with Gasteiger partial charge in [0.15, 0.2) is 0 Å². The number of likely N-dealkylation sites (N-methyl/N-ethyl adjacent to an activating group) is 1. The van der Waals surface area contributed by atoms with Crippen molar-refractivity contribution in [2.24, 2.45) is 5.92 Å². The Bertz CT molecular complexity index is 1280. The van der Waals surface area contributed by atoms with Crippen molar-refractivity contribution >= 4 is 33.4 Å². The van der Waals surface area contributed by atoms with Crippen molar-refractivity contribution in [3.8, 4) is 0 Å². The number of sulfonamides is 1. The molecule has 1 aromatic carbocycles. The third-order valence-electron chi connectivity index (χ3n) is 8.41. The van der Waals surface area contributed by atoms with Crippen molar-refractivity contribution in [2.45, 2.75) is 74.3 Å². The molecule has 3 heterocycles. The highest BCUT2D eigenvalue weighted by atomic mass is 32.2. The molecule has 1 spiro atoms. The summed E-state index contributed by atoms with van der Waals surface area (Å²) in [5.41, 5.74) is 1.24. The van der Waals surface area contributed by atoms with Crippen LogP contribution in [0, 0.1) is 5.92 Å². The van der Waals surface area contributed by atoms with E-state index in [4.69, 9.17) is 4.98 Å². The summed E-state index contributed by atoms with van der Waals surface area (Å²) in [5, 5.41) is 3.20. The topological polar surface area (TPSA) is 108 Å². The average Bonchev–Trinajstić information content (AvgIpc) is 3.49. The first kappa shape index (κ1) is 23.8. The van der Waals surface area contributed by atoms with Crippen LogP contribution in [0.4, 0.5) is 17.5 Å². The molecule has 2 aliphatic carbocycles. The second kappa shape index (κ2) is 8.78. The van der Waals surface area contributed by atoms with Crippen LogP contribution < -0.4 is 14.9 Å². The standard InChI is InChI=1S/C26H34N6O3S/c1-17-5-3-7-22(17)32-23-21(26(12-13-26)24(32)33)15-27-25(29-23)28-18-8-10-20(11-9-18)36(34,35)30-19-6-4-14-31(2)16-19/h8-11,15,17,19,22,30H,3-7,12-14,16H2,1-2H3,(H,27,28,29)/t17-,19-,22-/m1/s1. The number of rotatable bonds is 6. The van der Waals surface area contributed by atoms with Gasteiger partial charge in [0.05, 0.1) is 10.3 Å². The number of amides is 1. The molecule has 192 valence electrons. The predicted molar refractivity (Wildman–Crippen MR) is 138 cm³/mol. The molecule has 3 fully saturated rings. The summed E-state index contributed by atoms with van der Waals surface area (Å²) in [5.74, 6) is 1.80. The normalized spacial score (nSPS) is 27.4. The van der Waals surface area contributed by atoms with Crippen LogP contribution in [0.1, 0.15) is 57.4 Å². The van der Waals surface area contributed by atoms with Gasteiger partial charge in [-0.15, -0.1) is 0 Å². The molecule has 10 heteroatoms. The molecule has 2 aliphatic heterocycles. The summed E-state index contributed by atoms with van der Waals surface area (Å²) in [6.07, 6.45) is 8.65. The van der Waals surface area contributed by atoms with Crippen LogP contribution in [0.15, 0.2) is 35.4 Å². The van der Waals surface area contributed by atoms with Crippen molar-refractivity contribution in [1.82, 2.24) is 19.6 Å². The molecule has 36 heavy (non-hydrogen) atoms. The van der Waals surface area contributed by atoms with Crippen LogP contribution in [0.25, 0.3) is 0 Å². The van der Waals surface area contributed by atoms with E-state index in [1.54, 1.807) is 30.5 Å². The van der Waals surface area contributed by atoms with Crippen LogP contribution in [0.3, 0.4) is 0 Å². The van der Waals surface area contributed by atoms with Gasteiger partial charge in [0.25, 0.3) is 0 Å². The van der Waals surface area contributed by atoms with Gasteiger partial charge < -0.3 is 10.2 Å². The number of carbonyl (C=O) groups excluding carboxylic acids is 1.